The van der Waals surface area contributed by atoms with E-state index < -0.39 is 0 Å². The van der Waals surface area contributed by atoms with Crippen LogP contribution in [0.2, 0.25) is 0 Å². The molecule has 1 aliphatic carbocycles. The van der Waals surface area contributed by atoms with Crippen molar-refractivity contribution in [1.29, 1.82) is 0 Å². The first-order valence-electron chi connectivity index (χ1n) is 8.33. The zero-order chi connectivity index (χ0) is 17.6. The second kappa shape index (κ2) is 7.83. The zero-order valence-corrected chi connectivity index (χ0v) is 14.2. The maximum Gasteiger partial charge on any atom is 0.224 e. The predicted molar refractivity (Wildman–Crippen MR) is 94.1 cm³/mol. The standard InChI is InChI=1S/C20H21NO4/c1-24-16-6-8-17(9-7-16)25-11-10-21-20(23)15-12-14-4-2-3-5-18(14)19(22)13-15/h2-9,15H,10-13H2,1H3,(H,21,23). The van der Waals surface area contributed by atoms with Gasteiger partial charge >= 0.3 is 0 Å². The van der Waals surface area contributed by atoms with Gasteiger partial charge in [0.25, 0.3) is 0 Å². The number of carbonyl (C=O) groups excluding carboxylic acids is 2. The summed E-state index contributed by atoms with van der Waals surface area (Å²) < 4.78 is 10.7. The Kier molecular flexibility index (Phi) is 5.33. The summed E-state index contributed by atoms with van der Waals surface area (Å²) in [6, 6.07) is 14.8. The number of carbonyl (C=O) groups is 2. The number of nitrogens with one attached hydrogen (secondary N) is 1. The van der Waals surface area contributed by atoms with E-state index >= 15 is 0 Å². The van der Waals surface area contributed by atoms with Crippen molar-refractivity contribution < 1.29 is 19.1 Å². The second-order valence-electron chi connectivity index (χ2n) is 6.00. The molecular formula is C20H21NO4. The number of ketones is 1. The summed E-state index contributed by atoms with van der Waals surface area (Å²) >= 11 is 0. The van der Waals surface area contributed by atoms with Crippen molar-refractivity contribution in [3.8, 4) is 11.5 Å². The minimum Gasteiger partial charge on any atom is -0.497 e. The molecule has 0 spiro atoms. The first kappa shape index (κ1) is 17.0. The van der Waals surface area contributed by atoms with Crippen molar-refractivity contribution >= 4 is 11.7 Å². The van der Waals surface area contributed by atoms with Gasteiger partial charge in [-0.1, -0.05) is 24.3 Å². The van der Waals surface area contributed by atoms with Gasteiger partial charge in [0.05, 0.1) is 13.7 Å². The number of benzene rings is 2. The van der Waals surface area contributed by atoms with Crippen molar-refractivity contribution in [2.75, 3.05) is 20.3 Å². The Morgan fingerprint density at radius 3 is 2.56 bits per heavy atom. The number of rotatable bonds is 6. The molecule has 1 atom stereocenters. The van der Waals surface area contributed by atoms with E-state index in [9.17, 15) is 9.59 Å². The lowest BCUT2D eigenvalue weighted by molar-refractivity contribution is -0.125. The largest absolute Gasteiger partial charge is 0.497 e. The van der Waals surface area contributed by atoms with Gasteiger partial charge in [0, 0.05) is 17.9 Å². The van der Waals surface area contributed by atoms with E-state index in [-0.39, 0.29) is 24.0 Å². The summed E-state index contributed by atoms with van der Waals surface area (Å²) in [5.41, 5.74) is 1.70. The topological polar surface area (TPSA) is 64.6 Å². The fraction of sp³-hybridized carbons (Fsp3) is 0.300. The predicted octanol–water partition coefficient (Wildman–Crippen LogP) is 2.64. The summed E-state index contributed by atoms with van der Waals surface area (Å²) in [6.45, 7) is 0.770. The molecule has 0 bridgehead atoms. The van der Waals surface area contributed by atoms with Crippen LogP contribution in [-0.4, -0.2) is 32.0 Å². The quantitative estimate of drug-likeness (QED) is 0.822. The molecule has 3 rings (SSSR count). The lowest BCUT2D eigenvalue weighted by Crippen LogP contribution is -2.37. The van der Waals surface area contributed by atoms with Gasteiger partial charge < -0.3 is 14.8 Å². The summed E-state index contributed by atoms with van der Waals surface area (Å²) in [5.74, 6) is 1.13. The number of methoxy groups -OCH3 is 1. The zero-order valence-electron chi connectivity index (χ0n) is 14.2. The highest BCUT2D eigenvalue weighted by Gasteiger charge is 2.29. The van der Waals surface area contributed by atoms with Crippen LogP contribution in [0.25, 0.3) is 0 Å². The van der Waals surface area contributed by atoms with Gasteiger partial charge in [-0.25, -0.2) is 0 Å². The smallest absolute Gasteiger partial charge is 0.224 e. The molecule has 0 radical (unpaired) electrons. The number of amides is 1. The van der Waals surface area contributed by atoms with Crippen LogP contribution < -0.4 is 14.8 Å². The molecule has 130 valence electrons. The van der Waals surface area contributed by atoms with Crippen LogP contribution in [0.5, 0.6) is 11.5 Å². The molecule has 5 nitrogen and oxygen atoms in total. The molecule has 2 aromatic rings. The summed E-state index contributed by atoms with van der Waals surface area (Å²) in [7, 11) is 1.61. The van der Waals surface area contributed by atoms with Crippen molar-refractivity contribution in [3.05, 3.63) is 59.7 Å². The van der Waals surface area contributed by atoms with Crippen LogP contribution in [-0.2, 0) is 11.2 Å². The Bertz CT molecular complexity index is 755. The number of hydrogen-bond donors (Lipinski definition) is 1. The Morgan fingerprint density at radius 2 is 1.80 bits per heavy atom. The fourth-order valence-corrected chi connectivity index (χ4v) is 2.99. The number of hydrogen-bond acceptors (Lipinski definition) is 4. The highest BCUT2D eigenvalue weighted by atomic mass is 16.5. The Labute approximate surface area is 147 Å². The third kappa shape index (κ3) is 4.18. The molecule has 5 heteroatoms. The molecule has 0 fully saturated rings. The van der Waals surface area contributed by atoms with E-state index in [1.54, 1.807) is 7.11 Å². The monoisotopic (exact) mass is 339 g/mol. The normalized spacial score (nSPS) is 16.0. The van der Waals surface area contributed by atoms with Crippen molar-refractivity contribution in [3.63, 3.8) is 0 Å². The molecule has 0 saturated heterocycles. The molecule has 1 amide bonds. The van der Waals surface area contributed by atoms with Gasteiger partial charge in [-0.05, 0) is 36.2 Å². The Morgan fingerprint density at radius 1 is 1.08 bits per heavy atom. The van der Waals surface area contributed by atoms with E-state index in [2.05, 4.69) is 5.32 Å². The third-order valence-electron chi connectivity index (χ3n) is 4.32. The minimum atomic E-state index is -0.302. The molecule has 2 aromatic carbocycles. The SMILES string of the molecule is COc1ccc(OCCNC(=O)C2CC(=O)c3ccccc3C2)cc1. The van der Waals surface area contributed by atoms with E-state index in [0.717, 1.165) is 22.6 Å². The molecule has 0 aromatic heterocycles. The lowest BCUT2D eigenvalue weighted by atomic mass is 9.82. The Hall–Kier alpha value is -2.82. The Balaban J connectivity index is 1.46. The maximum atomic E-state index is 12.3. The van der Waals surface area contributed by atoms with Gasteiger partial charge in [-0.3, -0.25) is 9.59 Å². The van der Waals surface area contributed by atoms with Gasteiger partial charge in [0.15, 0.2) is 5.78 Å². The van der Waals surface area contributed by atoms with Crippen LogP contribution in [0.1, 0.15) is 22.3 Å². The van der Waals surface area contributed by atoms with E-state index in [4.69, 9.17) is 9.47 Å². The molecule has 1 unspecified atom stereocenters. The van der Waals surface area contributed by atoms with Gasteiger partial charge in [-0.15, -0.1) is 0 Å². The molecule has 25 heavy (non-hydrogen) atoms. The molecule has 0 saturated carbocycles. The molecule has 1 aliphatic rings. The van der Waals surface area contributed by atoms with E-state index in [0.29, 0.717) is 19.6 Å². The summed E-state index contributed by atoms with van der Waals surface area (Å²) in [5, 5.41) is 2.86. The highest BCUT2D eigenvalue weighted by molar-refractivity contribution is 6.01. The molecule has 1 N–H and O–H groups in total. The average molecular weight is 339 g/mol. The van der Waals surface area contributed by atoms with E-state index in [1.807, 2.05) is 48.5 Å². The number of ether oxygens (including phenoxy) is 2. The van der Waals surface area contributed by atoms with Gasteiger partial charge in [-0.2, -0.15) is 0 Å². The summed E-state index contributed by atoms with van der Waals surface area (Å²) in [4.78, 5) is 24.5. The van der Waals surface area contributed by atoms with Gasteiger partial charge in [0.2, 0.25) is 5.91 Å². The average Bonchev–Trinajstić information content (AvgIpc) is 2.65. The van der Waals surface area contributed by atoms with Crippen LogP contribution in [0, 0.1) is 5.92 Å². The highest BCUT2D eigenvalue weighted by Crippen LogP contribution is 2.25. The fourth-order valence-electron chi connectivity index (χ4n) is 2.99. The molecule has 0 heterocycles. The van der Waals surface area contributed by atoms with Crippen molar-refractivity contribution in [2.45, 2.75) is 12.8 Å². The van der Waals surface area contributed by atoms with Crippen LogP contribution >= 0.6 is 0 Å². The number of Topliss-reactive ketones (excluding diaryl/α,β-unsaturated/α-hetero) is 1. The van der Waals surface area contributed by atoms with Crippen LogP contribution in [0.4, 0.5) is 0 Å². The first-order valence-corrected chi connectivity index (χ1v) is 8.33. The summed E-state index contributed by atoms with van der Waals surface area (Å²) in [6.07, 6.45) is 0.870. The second-order valence-corrected chi connectivity index (χ2v) is 6.00. The molecule has 0 aliphatic heterocycles. The van der Waals surface area contributed by atoms with Crippen molar-refractivity contribution in [1.82, 2.24) is 5.32 Å². The van der Waals surface area contributed by atoms with Gasteiger partial charge in [0.1, 0.15) is 18.1 Å². The maximum absolute atomic E-state index is 12.3. The van der Waals surface area contributed by atoms with Crippen molar-refractivity contribution in [2.24, 2.45) is 5.92 Å². The lowest BCUT2D eigenvalue weighted by Gasteiger charge is -2.22. The van der Waals surface area contributed by atoms with E-state index in [1.165, 1.54) is 0 Å². The van der Waals surface area contributed by atoms with Crippen LogP contribution in [0.15, 0.2) is 48.5 Å². The van der Waals surface area contributed by atoms with Crippen LogP contribution in [0.3, 0.4) is 0 Å². The number of fused-ring (bicyclic) bond motifs is 1. The minimum absolute atomic E-state index is 0.0384. The molecular weight excluding hydrogens is 318 g/mol. The third-order valence-corrected chi connectivity index (χ3v) is 4.32. The first-order chi connectivity index (χ1) is 12.2.